The van der Waals surface area contributed by atoms with Crippen molar-refractivity contribution in [2.75, 3.05) is 19.7 Å². The first-order valence-electron chi connectivity index (χ1n) is 4.78. The lowest BCUT2D eigenvalue weighted by molar-refractivity contribution is 0.0273. The van der Waals surface area contributed by atoms with Crippen LogP contribution in [-0.2, 0) is 0 Å². The molecule has 2 N–H and O–H groups in total. The first-order chi connectivity index (χ1) is 5.75. The summed E-state index contributed by atoms with van der Waals surface area (Å²) in [6, 6.07) is 0.269. The first-order valence-corrected chi connectivity index (χ1v) is 4.78. The Kier molecular flexibility index (Phi) is 3.98. The molecule has 0 aromatic rings. The summed E-state index contributed by atoms with van der Waals surface area (Å²) in [7, 11) is 0. The van der Waals surface area contributed by atoms with E-state index in [1.807, 2.05) is 6.92 Å². The maximum atomic E-state index is 9.45. The van der Waals surface area contributed by atoms with Crippen LogP contribution in [0.1, 0.15) is 26.2 Å². The van der Waals surface area contributed by atoms with Gasteiger partial charge in [0.05, 0.1) is 12.7 Å². The summed E-state index contributed by atoms with van der Waals surface area (Å²) in [6.07, 6.45) is 3.20. The van der Waals surface area contributed by atoms with E-state index in [1.165, 1.54) is 12.8 Å². The van der Waals surface area contributed by atoms with E-state index in [1.54, 1.807) is 0 Å². The van der Waals surface area contributed by atoms with Crippen LogP contribution in [0, 0.1) is 0 Å². The molecule has 0 unspecified atom stereocenters. The van der Waals surface area contributed by atoms with Gasteiger partial charge in [0.25, 0.3) is 0 Å². The van der Waals surface area contributed by atoms with Crippen molar-refractivity contribution in [3.63, 3.8) is 0 Å². The van der Waals surface area contributed by atoms with Gasteiger partial charge in [-0.25, -0.2) is 0 Å². The van der Waals surface area contributed by atoms with Crippen molar-refractivity contribution in [1.29, 1.82) is 0 Å². The van der Waals surface area contributed by atoms with E-state index < -0.39 is 0 Å². The fourth-order valence-electron chi connectivity index (χ4n) is 1.97. The van der Waals surface area contributed by atoms with Crippen LogP contribution in [0.3, 0.4) is 0 Å². The molecule has 2 atom stereocenters. The van der Waals surface area contributed by atoms with Gasteiger partial charge in [-0.05, 0) is 26.3 Å². The predicted molar refractivity (Wildman–Crippen MR) is 48.0 cm³/mol. The van der Waals surface area contributed by atoms with Gasteiger partial charge in [-0.3, -0.25) is 4.90 Å². The van der Waals surface area contributed by atoms with Crippen molar-refractivity contribution in [2.45, 2.75) is 38.3 Å². The molecule has 0 spiro atoms. The maximum Gasteiger partial charge on any atom is 0.0667 e. The van der Waals surface area contributed by atoms with Gasteiger partial charge in [0.2, 0.25) is 0 Å². The molecular formula is C9H19NO2. The quantitative estimate of drug-likeness (QED) is 0.641. The van der Waals surface area contributed by atoms with Crippen LogP contribution in [0.2, 0.25) is 0 Å². The molecule has 0 aromatic heterocycles. The first kappa shape index (κ1) is 9.96. The highest BCUT2D eigenvalue weighted by Gasteiger charge is 2.25. The van der Waals surface area contributed by atoms with Crippen LogP contribution in [0.5, 0.6) is 0 Å². The summed E-state index contributed by atoms with van der Waals surface area (Å²) in [5.74, 6) is 0. The summed E-state index contributed by atoms with van der Waals surface area (Å²) in [5, 5.41) is 18.2. The Morgan fingerprint density at radius 1 is 1.50 bits per heavy atom. The third-order valence-corrected chi connectivity index (χ3v) is 2.61. The number of aliphatic hydroxyl groups is 2. The van der Waals surface area contributed by atoms with Gasteiger partial charge in [0.1, 0.15) is 0 Å². The van der Waals surface area contributed by atoms with E-state index in [0.717, 1.165) is 13.0 Å². The van der Waals surface area contributed by atoms with E-state index in [-0.39, 0.29) is 18.8 Å². The number of nitrogens with zero attached hydrogens (tertiary/aromatic N) is 1. The molecule has 3 heteroatoms. The van der Waals surface area contributed by atoms with Crippen LogP contribution in [0.25, 0.3) is 0 Å². The van der Waals surface area contributed by atoms with E-state index >= 15 is 0 Å². The van der Waals surface area contributed by atoms with Crippen LogP contribution < -0.4 is 0 Å². The molecular weight excluding hydrogens is 154 g/mol. The zero-order chi connectivity index (χ0) is 8.97. The highest BCUT2D eigenvalue weighted by atomic mass is 16.3. The van der Waals surface area contributed by atoms with Gasteiger partial charge in [-0.2, -0.15) is 0 Å². The SMILES string of the molecule is C[C@@H](O)[C@@H]1CCCCN1CCO. The molecule has 0 saturated carbocycles. The van der Waals surface area contributed by atoms with Crippen molar-refractivity contribution in [3.05, 3.63) is 0 Å². The number of hydrogen-bond acceptors (Lipinski definition) is 3. The van der Waals surface area contributed by atoms with Gasteiger partial charge in [0, 0.05) is 12.6 Å². The lowest BCUT2D eigenvalue weighted by Crippen LogP contribution is -2.46. The molecule has 0 aromatic carbocycles. The number of aliphatic hydroxyl groups excluding tert-OH is 2. The monoisotopic (exact) mass is 173 g/mol. The number of hydrogen-bond donors (Lipinski definition) is 2. The Morgan fingerprint density at radius 3 is 2.83 bits per heavy atom. The summed E-state index contributed by atoms with van der Waals surface area (Å²) in [4.78, 5) is 2.19. The number of piperidine rings is 1. The minimum absolute atomic E-state index is 0.198. The molecule has 0 amide bonds. The Labute approximate surface area is 74.0 Å². The lowest BCUT2D eigenvalue weighted by Gasteiger charge is -2.36. The molecule has 0 radical (unpaired) electrons. The molecule has 12 heavy (non-hydrogen) atoms. The summed E-state index contributed by atoms with van der Waals surface area (Å²) in [6.45, 7) is 3.76. The van der Waals surface area contributed by atoms with Gasteiger partial charge in [-0.1, -0.05) is 6.42 Å². The van der Waals surface area contributed by atoms with Crippen LogP contribution in [0.15, 0.2) is 0 Å². The van der Waals surface area contributed by atoms with Gasteiger partial charge in [-0.15, -0.1) is 0 Å². The zero-order valence-electron chi connectivity index (χ0n) is 7.74. The number of rotatable bonds is 3. The second kappa shape index (κ2) is 4.80. The highest BCUT2D eigenvalue weighted by molar-refractivity contribution is 4.80. The van der Waals surface area contributed by atoms with Crippen molar-refractivity contribution < 1.29 is 10.2 Å². The molecule has 1 aliphatic rings. The second-order valence-electron chi connectivity index (χ2n) is 3.56. The molecule has 1 aliphatic heterocycles. The topological polar surface area (TPSA) is 43.7 Å². The Bertz CT molecular complexity index is 126. The molecule has 0 aliphatic carbocycles. The third-order valence-electron chi connectivity index (χ3n) is 2.61. The van der Waals surface area contributed by atoms with Crippen molar-refractivity contribution in [2.24, 2.45) is 0 Å². The Hall–Kier alpha value is -0.120. The Balaban J connectivity index is 2.42. The van der Waals surface area contributed by atoms with E-state index in [2.05, 4.69) is 4.90 Å². The van der Waals surface area contributed by atoms with Crippen molar-refractivity contribution in [3.8, 4) is 0 Å². The fraction of sp³-hybridized carbons (Fsp3) is 1.00. The van der Waals surface area contributed by atoms with Crippen LogP contribution in [-0.4, -0.2) is 47.0 Å². The zero-order valence-corrected chi connectivity index (χ0v) is 7.74. The minimum Gasteiger partial charge on any atom is -0.395 e. The normalized spacial score (nSPS) is 28.8. The van der Waals surface area contributed by atoms with E-state index in [9.17, 15) is 5.11 Å². The summed E-state index contributed by atoms with van der Waals surface area (Å²) >= 11 is 0. The van der Waals surface area contributed by atoms with Gasteiger partial charge in [0.15, 0.2) is 0 Å². The predicted octanol–water partition coefficient (Wildman–Crippen LogP) is 0.214. The smallest absolute Gasteiger partial charge is 0.0667 e. The van der Waals surface area contributed by atoms with Crippen LogP contribution in [0.4, 0.5) is 0 Å². The highest BCUT2D eigenvalue weighted by Crippen LogP contribution is 2.18. The molecule has 72 valence electrons. The maximum absolute atomic E-state index is 9.45. The molecule has 1 saturated heterocycles. The lowest BCUT2D eigenvalue weighted by atomic mass is 9.98. The number of β-amino-alcohol motifs (C(OH)–C–C–N with tert-alkyl or cyclic N) is 1. The minimum atomic E-state index is -0.267. The van der Waals surface area contributed by atoms with Gasteiger partial charge < -0.3 is 10.2 Å². The average Bonchev–Trinajstić information content (AvgIpc) is 2.05. The van der Waals surface area contributed by atoms with E-state index in [4.69, 9.17) is 5.11 Å². The third kappa shape index (κ3) is 2.44. The van der Waals surface area contributed by atoms with E-state index in [0.29, 0.717) is 6.54 Å². The Morgan fingerprint density at radius 2 is 2.25 bits per heavy atom. The average molecular weight is 173 g/mol. The molecule has 1 rings (SSSR count). The molecule has 1 fully saturated rings. The largest absolute Gasteiger partial charge is 0.395 e. The fourth-order valence-corrected chi connectivity index (χ4v) is 1.97. The summed E-state index contributed by atoms with van der Waals surface area (Å²) < 4.78 is 0. The molecule has 1 heterocycles. The van der Waals surface area contributed by atoms with Gasteiger partial charge >= 0.3 is 0 Å². The van der Waals surface area contributed by atoms with Crippen LogP contribution >= 0.6 is 0 Å². The van der Waals surface area contributed by atoms with Crippen molar-refractivity contribution in [1.82, 2.24) is 4.90 Å². The standard InChI is InChI=1S/C9H19NO2/c1-8(12)9-4-2-3-5-10(9)6-7-11/h8-9,11-12H,2-7H2,1H3/t8-,9+/m1/s1. The van der Waals surface area contributed by atoms with Crippen molar-refractivity contribution >= 4 is 0 Å². The summed E-state index contributed by atoms with van der Waals surface area (Å²) in [5.41, 5.74) is 0. The molecule has 0 bridgehead atoms. The molecule has 3 nitrogen and oxygen atoms in total. The number of likely N-dealkylation sites (tertiary alicyclic amines) is 1. The second-order valence-corrected chi connectivity index (χ2v) is 3.56.